The number of benzene rings is 2. The molecule has 2 aromatic rings. The Hall–Kier alpha value is -1.60. The van der Waals surface area contributed by atoms with E-state index in [4.69, 9.17) is 5.73 Å². The summed E-state index contributed by atoms with van der Waals surface area (Å²) in [5.41, 5.74) is 11.4. The quantitative estimate of drug-likeness (QED) is 0.849. The van der Waals surface area contributed by atoms with E-state index in [1.807, 2.05) is 6.07 Å². The van der Waals surface area contributed by atoms with Crippen LogP contribution in [0.1, 0.15) is 28.3 Å². The number of rotatable bonds is 3. The summed E-state index contributed by atoms with van der Waals surface area (Å²) >= 11 is 0. The molecule has 2 aromatic carbocycles. The summed E-state index contributed by atoms with van der Waals surface area (Å²) in [5.74, 6) is 0. The zero-order valence-electron chi connectivity index (χ0n) is 10.5. The van der Waals surface area contributed by atoms with Crippen molar-refractivity contribution in [1.29, 1.82) is 0 Å². The molecule has 0 aliphatic rings. The molecular weight excluding hydrogens is 206 g/mol. The van der Waals surface area contributed by atoms with Crippen LogP contribution in [0.5, 0.6) is 0 Å². The van der Waals surface area contributed by atoms with E-state index in [2.05, 4.69) is 56.3 Å². The SMILES string of the molecule is Cc1ccc(C)c(C(N)Cc2ccccc2)c1. The molecule has 2 N–H and O–H groups in total. The third-order valence-corrected chi connectivity index (χ3v) is 3.13. The fourth-order valence-corrected chi connectivity index (χ4v) is 2.14. The first-order valence-electron chi connectivity index (χ1n) is 6.03. The van der Waals surface area contributed by atoms with Gasteiger partial charge in [-0.3, -0.25) is 0 Å². The summed E-state index contributed by atoms with van der Waals surface area (Å²) in [5, 5.41) is 0. The molecule has 0 heterocycles. The first kappa shape index (κ1) is 11.9. The molecule has 0 aliphatic heterocycles. The molecule has 0 radical (unpaired) electrons. The van der Waals surface area contributed by atoms with Gasteiger partial charge in [-0.2, -0.15) is 0 Å². The number of hydrogen-bond acceptors (Lipinski definition) is 1. The third kappa shape index (κ3) is 2.95. The second-order valence-electron chi connectivity index (χ2n) is 4.66. The van der Waals surface area contributed by atoms with Crippen molar-refractivity contribution in [1.82, 2.24) is 0 Å². The molecule has 0 aliphatic carbocycles. The third-order valence-electron chi connectivity index (χ3n) is 3.13. The lowest BCUT2D eigenvalue weighted by Crippen LogP contribution is -2.14. The Bertz CT molecular complexity index is 488. The van der Waals surface area contributed by atoms with Gasteiger partial charge in [-0.15, -0.1) is 0 Å². The molecule has 88 valence electrons. The number of hydrogen-bond donors (Lipinski definition) is 1. The van der Waals surface area contributed by atoms with Crippen molar-refractivity contribution in [3.8, 4) is 0 Å². The van der Waals surface area contributed by atoms with Gasteiger partial charge >= 0.3 is 0 Å². The number of nitrogens with two attached hydrogens (primary N) is 1. The lowest BCUT2D eigenvalue weighted by Gasteiger charge is -2.15. The maximum atomic E-state index is 6.30. The maximum Gasteiger partial charge on any atom is 0.0338 e. The van der Waals surface area contributed by atoms with E-state index in [0.29, 0.717) is 0 Å². The van der Waals surface area contributed by atoms with Crippen molar-refractivity contribution in [2.45, 2.75) is 26.3 Å². The highest BCUT2D eigenvalue weighted by Gasteiger charge is 2.09. The molecule has 1 atom stereocenters. The van der Waals surface area contributed by atoms with Crippen LogP contribution in [0.2, 0.25) is 0 Å². The highest BCUT2D eigenvalue weighted by Crippen LogP contribution is 2.20. The summed E-state index contributed by atoms with van der Waals surface area (Å²) in [4.78, 5) is 0. The normalized spacial score (nSPS) is 12.4. The van der Waals surface area contributed by atoms with Crippen LogP contribution in [0, 0.1) is 13.8 Å². The van der Waals surface area contributed by atoms with Crippen molar-refractivity contribution in [3.63, 3.8) is 0 Å². The Morgan fingerprint density at radius 2 is 1.71 bits per heavy atom. The molecule has 0 fully saturated rings. The molecule has 0 saturated carbocycles. The molecule has 1 nitrogen and oxygen atoms in total. The zero-order chi connectivity index (χ0) is 12.3. The fraction of sp³-hybridized carbons (Fsp3) is 0.250. The average molecular weight is 225 g/mol. The minimum absolute atomic E-state index is 0.0808. The van der Waals surface area contributed by atoms with Gasteiger partial charge in [-0.05, 0) is 37.0 Å². The van der Waals surface area contributed by atoms with Crippen molar-refractivity contribution >= 4 is 0 Å². The Kier molecular flexibility index (Phi) is 3.60. The van der Waals surface area contributed by atoms with E-state index in [0.717, 1.165) is 6.42 Å². The first-order chi connectivity index (χ1) is 8.16. The molecular formula is C16H19N. The summed E-state index contributed by atoms with van der Waals surface area (Å²) in [6.07, 6.45) is 0.894. The minimum atomic E-state index is 0.0808. The van der Waals surface area contributed by atoms with Gasteiger partial charge in [0.05, 0.1) is 0 Å². The Labute approximate surface area is 103 Å². The molecule has 0 bridgehead atoms. The first-order valence-corrected chi connectivity index (χ1v) is 6.03. The van der Waals surface area contributed by atoms with Crippen molar-refractivity contribution in [2.24, 2.45) is 5.73 Å². The predicted octanol–water partition coefficient (Wildman–Crippen LogP) is 3.55. The highest BCUT2D eigenvalue weighted by atomic mass is 14.6. The van der Waals surface area contributed by atoms with Gasteiger partial charge in [0, 0.05) is 6.04 Å². The molecule has 0 aromatic heterocycles. The smallest absolute Gasteiger partial charge is 0.0338 e. The molecule has 17 heavy (non-hydrogen) atoms. The molecule has 1 unspecified atom stereocenters. The molecule has 2 rings (SSSR count). The predicted molar refractivity (Wildman–Crippen MR) is 73.0 cm³/mol. The minimum Gasteiger partial charge on any atom is -0.324 e. The van der Waals surface area contributed by atoms with Crippen molar-refractivity contribution in [3.05, 3.63) is 70.8 Å². The maximum absolute atomic E-state index is 6.30. The standard InChI is InChI=1S/C16H19N/c1-12-8-9-13(2)15(10-12)16(17)11-14-6-4-3-5-7-14/h3-10,16H,11,17H2,1-2H3. The summed E-state index contributed by atoms with van der Waals surface area (Å²) in [7, 11) is 0. The van der Waals surface area contributed by atoms with E-state index >= 15 is 0 Å². The Morgan fingerprint density at radius 1 is 1.00 bits per heavy atom. The van der Waals surface area contributed by atoms with E-state index in [9.17, 15) is 0 Å². The van der Waals surface area contributed by atoms with Crippen LogP contribution in [0.15, 0.2) is 48.5 Å². The van der Waals surface area contributed by atoms with Crippen LogP contribution < -0.4 is 5.73 Å². The van der Waals surface area contributed by atoms with Gasteiger partial charge in [0.15, 0.2) is 0 Å². The van der Waals surface area contributed by atoms with E-state index in [1.165, 1.54) is 22.3 Å². The zero-order valence-corrected chi connectivity index (χ0v) is 10.5. The van der Waals surface area contributed by atoms with Crippen molar-refractivity contribution in [2.75, 3.05) is 0 Å². The summed E-state index contributed by atoms with van der Waals surface area (Å²) in [6, 6.07) is 17.0. The molecule has 0 saturated heterocycles. The average Bonchev–Trinajstić information content (AvgIpc) is 2.33. The second kappa shape index (κ2) is 5.15. The van der Waals surface area contributed by atoms with Crippen LogP contribution in [0.4, 0.5) is 0 Å². The van der Waals surface area contributed by atoms with Gasteiger partial charge in [-0.1, -0.05) is 54.1 Å². The Balaban J connectivity index is 2.20. The molecule has 0 spiro atoms. The summed E-state index contributed by atoms with van der Waals surface area (Å²) < 4.78 is 0. The lowest BCUT2D eigenvalue weighted by atomic mass is 9.95. The van der Waals surface area contributed by atoms with E-state index in [-0.39, 0.29) is 6.04 Å². The lowest BCUT2D eigenvalue weighted by molar-refractivity contribution is 0.716. The highest BCUT2D eigenvalue weighted by molar-refractivity contribution is 5.34. The van der Waals surface area contributed by atoms with Gasteiger partial charge < -0.3 is 5.73 Å². The van der Waals surface area contributed by atoms with Crippen LogP contribution in [-0.4, -0.2) is 0 Å². The molecule has 0 amide bonds. The van der Waals surface area contributed by atoms with E-state index < -0.39 is 0 Å². The topological polar surface area (TPSA) is 26.0 Å². The second-order valence-corrected chi connectivity index (χ2v) is 4.66. The number of aryl methyl sites for hydroxylation is 2. The van der Waals surface area contributed by atoms with Gasteiger partial charge in [0.2, 0.25) is 0 Å². The van der Waals surface area contributed by atoms with Crippen LogP contribution >= 0.6 is 0 Å². The fourth-order valence-electron chi connectivity index (χ4n) is 2.14. The largest absolute Gasteiger partial charge is 0.324 e. The van der Waals surface area contributed by atoms with Crippen LogP contribution in [-0.2, 0) is 6.42 Å². The van der Waals surface area contributed by atoms with Gasteiger partial charge in [0.1, 0.15) is 0 Å². The molecule has 1 heteroatoms. The van der Waals surface area contributed by atoms with Gasteiger partial charge in [-0.25, -0.2) is 0 Å². The van der Waals surface area contributed by atoms with Crippen LogP contribution in [0.3, 0.4) is 0 Å². The van der Waals surface area contributed by atoms with Gasteiger partial charge in [0.25, 0.3) is 0 Å². The van der Waals surface area contributed by atoms with Crippen molar-refractivity contribution < 1.29 is 0 Å². The van der Waals surface area contributed by atoms with E-state index in [1.54, 1.807) is 0 Å². The Morgan fingerprint density at radius 3 is 2.41 bits per heavy atom. The van der Waals surface area contributed by atoms with Crippen LogP contribution in [0.25, 0.3) is 0 Å². The monoisotopic (exact) mass is 225 g/mol. The summed E-state index contributed by atoms with van der Waals surface area (Å²) in [6.45, 7) is 4.23.